The Hall–Kier alpha value is -1.44. The van der Waals surface area contributed by atoms with Crippen LogP contribution in [-0.4, -0.2) is 24.9 Å². The van der Waals surface area contributed by atoms with E-state index in [-0.39, 0.29) is 17.3 Å². The summed E-state index contributed by atoms with van der Waals surface area (Å²) in [5.74, 6) is -1.12. The molecule has 0 saturated heterocycles. The summed E-state index contributed by atoms with van der Waals surface area (Å²) in [6, 6.07) is 5.99. The van der Waals surface area contributed by atoms with Crippen molar-refractivity contribution in [2.24, 2.45) is 0 Å². The summed E-state index contributed by atoms with van der Waals surface area (Å²) in [6.45, 7) is 4.20. The maximum Gasteiger partial charge on any atom is 0.310 e. The Labute approximate surface area is 117 Å². The van der Waals surface area contributed by atoms with Crippen LogP contribution in [0, 0.1) is 6.92 Å². The number of rotatable bonds is 1. The summed E-state index contributed by atoms with van der Waals surface area (Å²) in [4.78, 5) is 19.6. The molecule has 0 spiro atoms. The fraction of sp³-hybridized carbons (Fsp3) is 0.273. The number of ether oxygens (including phenoxy) is 1. The zero-order valence-corrected chi connectivity index (χ0v) is 12.2. The van der Waals surface area contributed by atoms with Gasteiger partial charge in [0.15, 0.2) is 0 Å². The summed E-state index contributed by atoms with van der Waals surface area (Å²) >= 11 is 0. The number of aryl methyl sites for hydroxylation is 1. The van der Waals surface area contributed by atoms with Crippen LogP contribution in [0.4, 0.5) is 0 Å². The number of benzene rings is 1. The monoisotopic (exact) mass is 310 g/mol. The van der Waals surface area contributed by atoms with E-state index in [1.54, 1.807) is 12.1 Å². The van der Waals surface area contributed by atoms with Crippen molar-refractivity contribution in [2.45, 2.75) is 25.7 Å². The highest BCUT2D eigenvalue weighted by molar-refractivity contribution is 7.85. The summed E-state index contributed by atoms with van der Waals surface area (Å²) < 4.78 is 33.5. The first-order valence-electron chi connectivity index (χ1n) is 4.86. The molecule has 0 fully saturated rings. The molecular weight excluding hydrogens is 296 g/mol. The van der Waals surface area contributed by atoms with E-state index in [4.69, 9.17) is 4.55 Å². The average Bonchev–Trinajstić information content (AvgIpc) is 2.15. The number of hydrogen-bond acceptors (Lipinski definition) is 5. The Morgan fingerprint density at radius 2 is 1.42 bits per heavy atom. The molecule has 1 aromatic rings. The van der Waals surface area contributed by atoms with E-state index in [9.17, 15) is 18.0 Å². The molecule has 108 valence electrons. The van der Waals surface area contributed by atoms with Gasteiger partial charge in [0, 0.05) is 13.8 Å². The molecule has 0 aliphatic carbocycles. The fourth-order valence-corrected chi connectivity index (χ4v) is 1.39. The van der Waals surface area contributed by atoms with Gasteiger partial charge in [-0.2, -0.15) is 8.42 Å². The van der Waals surface area contributed by atoms with E-state index in [0.29, 0.717) is 0 Å². The second-order valence-electron chi connectivity index (χ2n) is 3.37. The van der Waals surface area contributed by atoms with Crippen molar-refractivity contribution in [2.75, 3.05) is 0 Å². The molecule has 0 saturated carbocycles. The zero-order chi connectivity index (χ0) is 14.3. The molecule has 1 aromatic carbocycles. The van der Waals surface area contributed by atoms with Gasteiger partial charge in [-0.3, -0.25) is 14.1 Å². The molecular formula is C11H15ClO6S. The van der Waals surface area contributed by atoms with Crippen LogP contribution in [0.1, 0.15) is 19.4 Å². The van der Waals surface area contributed by atoms with Gasteiger partial charge in [-0.05, 0) is 19.1 Å². The van der Waals surface area contributed by atoms with Gasteiger partial charge in [0.25, 0.3) is 10.1 Å². The van der Waals surface area contributed by atoms with Crippen LogP contribution in [0.5, 0.6) is 0 Å². The standard InChI is InChI=1S/C7H8O3S.C4H6O3.ClH/c1-6-2-4-7(5-3-6)11(8,9)10;1-3(5)7-4(2)6;/h2-5H,1H3,(H,8,9,10);1-2H3;1H. The van der Waals surface area contributed by atoms with Gasteiger partial charge in [-0.25, -0.2) is 0 Å². The summed E-state index contributed by atoms with van der Waals surface area (Å²) in [6.07, 6.45) is 0. The lowest BCUT2D eigenvalue weighted by molar-refractivity contribution is -0.156. The van der Waals surface area contributed by atoms with Crippen LogP contribution in [0.25, 0.3) is 0 Å². The Bertz CT molecular complexity index is 509. The lowest BCUT2D eigenvalue weighted by Gasteiger charge is -1.95. The molecule has 0 radical (unpaired) electrons. The second-order valence-corrected chi connectivity index (χ2v) is 4.79. The van der Waals surface area contributed by atoms with Crippen molar-refractivity contribution in [3.63, 3.8) is 0 Å². The van der Waals surface area contributed by atoms with Crippen molar-refractivity contribution in [1.29, 1.82) is 0 Å². The first-order chi connectivity index (χ1) is 8.12. The number of esters is 2. The van der Waals surface area contributed by atoms with E-state index >= 15 is 0 Å². The molecule has 0 aliphatic heterocycles. The molecule has 0 aromatic heterocycles. The summed E-state index contributed by atoms with van der Waals surface area (Å²) in [7, 11) is -4.02. The smallest absolute Gasteiger partial charge is 0.310 e. The largest absolute Gasteiger partial charge is 0.394 e. The van der Waals surface area contributed by atoms with E-state index < -0.39 is 22.1 Å². The molecule has 0 heterocycles. The topological polar surface area (TPSA) is 97.7 Å². The van der Waals surface area contributed by atoms with Crippen molar-refractivity contribution in [1.82, 2.24) is 0 Å². The van der Waals surface area contributed by atoms with E-state index in [1.165, 1.54) is 26.0 Å². The van der Waals surface area contributed by atoms with Crippen molar-refractivity contribution < 1.29 is 27.3 Å². The Kier molecular flexibility index (Phi) is 9.03. The lowest BCUT2D eigenvalue weighted by atomic mass is 10.2. The first kappa shape index (κ1) is 19.9. The molecule has 19 heavy (non-hydrogen) atoms. The Morgan fingerprint density at radius 1 is 1.05 bits per heavy atom. The summed E-state index contributed by atoms with van der Waals surface area (Å²) in [5.41, 5.74) is 0.956. The highest BCUT2D eigenvalue weighted by Gasteiger charge is 2.06. The molecule has 6 nitrogen and oxygen atoms in total. The van der Waals surface area contributed by atoms with Gasteiger partial charge >= 0.3 is 11.9 Å². The van der Waals surface area contributed by atoms with E-state index in [1.807, 2.05) is 6.92 Å². The van der Waals surface area contributed by atoms with Crippen LogP contribution >= 0.6 is 12.4 Å². The first-order valence-corrected chi connectivity index (χ1v) is 6.30. The van der Waals surface area contributed by atoms with Crippen molar-refractivity contribution in [3.05, 3.63) is 29.8 Å². The quantitative estimate of drug-likeness (QED) is 0.482. The van der Waals surface area contributed by atoms with Crippen molar-refractivity contribution in [3.8, 4) is 0 Å². The predicted molar refractivity (Wildman–Crippen MR) is 70.7 cm³/mol. The van der Waals surface area contributed by atoms with Gasteiger partial charge in [-0.1, -0.05) is 17.7 Å². The molecule has 8 heteroatoms. The Morgan fingerprint density at radius 3 is 1.63 bits per heavy atom. The van der Waals surface area contributed by atoms with Gasteiger partial charge in [0.2, 0.25) is 0 Å². The molecule has 0 unspecified atom stereocenters. The third-order valence-electron chi connectivity index (χ3n) is 1.61. The highest BCUT2D eigenvalue weighted by atomic mass is 35.5. The Balaban J connectivity index is 0. The molecule has 0 aliphatic rings. The minimum Gasteiger partial charge on any atom is -0.394 e. The zero-order valence-electron chi connectivity index (χ0n) is 10.6. The number of carbonyl (C=O) groups is 2. The van der Waals surface area contributed by atoms with Crippen LogP contribution in [0.3, 0.4) is 0 Å². The average molecular weight is 311 g/mol. The van der Waals surface area contributed by atoms with Crippen LogP contribution in [0.15, 0.2) is 29.2 Å². The number of hydrogen-bond donors (Lipinski definition) is 1. The van der Waals surface area contributed by atoms with Gasteiger partial charge in [-0.15, -0.1) is 12.4 Å². The fourth-order valence-electron chi connectivity index (χ4n) is 0.913. The minimum absolute atomic E-state index is 0. The maximum absolute atomic E-state index is 10.5. The SMILES string of the molecule is CC(=O)OC(C)=O.Cc1ccc(S(=O)(=O)O)cc1.Cl. The molecule has 0 atom stereocenters. The highest BCUT2D eigenvalue weighted by Crippen LogP contribution is 2.08. The van der Waals surface area contributed by atoms with E-state index in [2.05, 4.69) is 4.74 Å². The van der Waals surface area contributed by atoms with Crippen molar-refractivity contribution >= 4 is 34.5 Å². The molecule has 0 bridgehead atoms. The van der Waals surface area contributed by atoms with E-state index in [0.717, 1.165) is 5.56 Å². The van der Waals surface area contributed by atoms with Gasteiger partial charge in [0.1, 0.15) is 0 Å². The normalized spacial score (nSPS) is 9.47. The molecule has 0 amide bonds. The minimum atomic E-state index is -4.02. The third kappa shape index (κ3) is 10.2. The lowest BCUT2D eigenvalue weighted by Crippen LogP contribution is -2.03. The van der Waals surface area contributed by atoms with Gasteiger partial charge < -0.3 is 4.74 Å². The third-order valence-corrected chi connectivity index (χ3v) is 2.47. The van der Waals surface area contributed by atoms with Gasteiger partial charge in [0.05, 0.1) is 4.90 Å². The molecule has 1 rings (SSSR count). The number of carbonyl (C=O) groups excluding carboxylic acids is 2. The number of halogens is 1. The second kappa shape index (κ2) is 8.63. The maximum atomic E-state index is 10.5. The summed E-state index contributed by atoms with van der Waals surface area (Å²) in [5, 5.41) is 0. The van der Waals surface area contributed by atoms with Crippen LogP contribution in [0.2, 0.25) is 0 Å². The van der Waals surface area contributed by atoms with Crippen LogP contribution < -0.4 is 0 Å². The predicted octanol–water partition coefficient (Wildman–Crippen LogP) is 1.76. The molecule has 1 N–H and O–H groups in total. The van der Waals surface area contributed by atoms with Crippen LogP contribution in [-0.2, 0) is 24.4 Å².